The molecule has 0 aliphatic rings. The molecule has 0 unspecified atom stereocenters. The predicted molar refractivity (Wildman–Crippen MR) is 87.6 cm³/mol. The van der Waals surface area contributed by atoms with Crippen molar-refractivity contribution in [3.8, 4) is 17.2 Å². The summed E-state index contributed by atoms with van der Waals surface area (Å²) in [6.45, 7) is 2.11. The number of ketones is 1. The molecular weight excluding hydrogens is 310 g/mol. The number of hydrogen-bond acceptors (Lipinski definition) is 5. The molecule has 0 fully saturated rings. The highest BCUT2D eigenvalue weighted by Gasteiger charge is 2.15. The second-order valence-electron chi connectivity index (χ2n) is 5.35. The second-order valence-corrected chi connectivity index (χ2v) is 5.35. The van der Waals surface area contributed by atoms with E-state index in [2.05, 4.69) is 11.9 Å². The van der Waals surface area contributed by atoms with E-state index in [0.717, 1.165) is 12.8 Å². The molecule has 2 aromatic rings. The summed E-state index contributed by atoms with van der Waals surface area (Å²) >= 11 is 0. The second kappa shape index (κ2) is 8.10. The molecule has 126 valence electrons. The maximum Gasteiger partial charge on any atom is 0.303 e. The molecule has 0 radical (unpaired) electrons. The van der Waals surface area contributed by atoms with Crippen LogP contribution in [0.3, 0.4) is 0 Å². The van der Waals surface area contributed by atoms with Crippen LogP contribution in [-0.4, -0.2) is 26.9 Å². The first-order chi connectivity index (χ1) is 11.5. The van der Waals surface area contributed by atoms with Gasteiger partial charge >= 0.3 is 5.97 Å². The van der Waals surface area contributed by atoms with Crippen LogP contribution in [-0.2, 0) is 11.2 Å². The molecule has 1 aromatic carbocycles. The van der Waals surface area contributed by atoms with Crippen molar-refractivity contribution in [1.82, 2.24) is 4.98 Å². The average molecular weight is 329 g/mol. The number of carbonyl (C=O) groups excluding carboxylic acids is 1. The van der Waals surface area contributed by atoms with E-state index in [0.29, 0.717) is 11.5 Å². The molecule has 0 amide bonds. The summed E-state index contributed by atoms with van der Waals surface area (Å²) in [5.74, 6) is -1.03. The number of pyridine rings is 1. The van der Waals surface area contributed by atoms with E-state index < -0.39 is 11.8 Å². The van der Waals surface area contributed by atoms with Gasteiger partial charge in [-0.1, -0.05) is 25.5 Å². The summed E-state index contributed by atoms with van der Waals surface area (Å²) in [5, 5.41) is 18.5. The fourth-order valence-electron chi connectivity index (χ4n) is 2.19. The van der Waals surface area contributed by atoms with Crippen LogP contribution in [0.25, 0.3) is 0 Å². The third kappa shape index (κ3) is 4.81. The van der Waals surface area contributed by atoms with E-state index in [-0.39, 0.29) is 24.3 Å². The number of Topliss-reactive ketones (excluding diaryl/α,β-unsaturated/α-hetero) is 1. The summed E-state index contributed by atoms with van der Waals surface area (Å²) in [6, 6.07) is 8.88. The zero-order valence-corrected chi connectivity index (χ0v) is 13.4. The van der Waals surface area contributed by atoms with Crippen LogP contribution in [0.5, 0.6) is 17.2 Å². The van der Waals surface area contributed by atoms with E-state index in [1.165, 1.54) is 17.8 Å². The van der Waals surface area contributed by atoms with Gasteiger partial charge in [-0.15, -0.1) is 0 Å². The van der Waals surface area contributed by atoms with Crippen LogP contribution in [0, 0.1) is 0 Å². The molecular formula is C18H19NO5. The molecule has 0 aliphatic carbocycles. The van der Waals surface area contributed by atoms with Crippen LogP contribution < -0.4 is 4.74 Å². The van der Waals surface area contributed by atoms with Gasteiger partial charge in [-0.25, -0.2) is 4.98 Å². The van der Waals surface area contributed by atoms with E-state index in [1.807, 2.05) is 24.3 Å². The largest absolute Gasteiger partial charge is 0.505 e. The fourth-order valence-corrected chi connectivity index (χ4v) is 2.19. The summed E-state index contributed by atoms with van der Waals surface area (Å²) in [4.78, 5) is 26.2. The maximum absolute atomic E-state index is 11.8. The highest BCUT2D eigenvalue weighted by Crippen LogP contribution is 2.27. The summed E-state index contributed by atoms with van der Waals surface area (Å²) in [6.07, 6.45) is 2.87. The number of aliphatic carboxylic acids is 1. The van der Waals surface area contributed by atoms with Crippen LogP contribution in [0.15, 0.2) is 36.5 Å². The van der Waals surface area contributed by atoms with E-state index in [4.69, 9.17) is 9.84 Å². The third-order valence-electron chi connectivity index (χ3n) is 3.37. The van der Waals surface area contributed by atoms with Crippen molar-refractivity contribution in [2.24, 2.45) is 0 Å². The molecule has 24 heavy (non-hydrogen) atoms. The zero-order chi connectivity index (χ0) is 17.5. The first kappa shape index (κ1) is 17.5. The SMILES string of the molecule is CCCc1ccc(Oc2cnc(C(=O)CCC(=O)O)c(O)c2)cc1. The van der Waals surface area contributed by atoms with Gasteiger partial charge in [0.25, 0.3) is 0 Å². The molecule has 1 heterocycles. The molecule has 6 heteroatoms. The molecule has 0 spiro atoms. The van der Waals surface area contributed by atoms with Crippen molar-refractivity contribution in [3.05, 3.63) is 47.8 Å². The highest BCUT2D eigenvalue weighted by atomic mass is 16.5. The number of aromatic hydroxyl groups is 1. The van der Waals surface area contributed by atoms with Gasteiger partial charge < -0.3 is 14.9 Å². The lowest BCUT2D eigenvalue weighted by atomic mass is 10.1. The molecule has 1 aromatic heterocycles. The van der Waals surface area contributed by atoms with Gasteiger partial charge in [-0.05, 0) is 24.1 Å². The van der Waals surface area contributed by atoms with Crippen molar-refractivity contribution in [2.45, 2.75) is 32.6 Å². The molecule has 0 bridgehead atoms. The van der Waals surface area contributed by atoms with E-state index in [9.17, 15) is 14.7 Å². The number of carbonyl (C=O) groups is 2. The lowest BCUT2D eigenvalue weighted by Crippen LogP contribution is -2.06. The number of rotatable bonds is 8. The average Bonchev–Trinajstić information content (AvgIpc) is 2.55. The Hall–Kier alpha value is -2.89. The summed E-state index contributed by atoms with van der Waals surface area (Å²) in [5.41, 5.74) is 1.06. The first-order valence-corrected chi connectivity index (χ1v) is 7.70. The highest BCUT2D eigenvalue weighted by molar-refractivity contribution is 5.98. The Morgan fingerprint density at radius 1 is 1.12 bits per heavy atom. The maximum atomic E-state index is 11.8. The number of benzene rings is 1. The normalized spacial score (nSPS) is 10.4. The Morgan fingerprint density at radius 3 is 2.42 bits per heavy atom. The van der Waals surface area contributed by atoms with Gasteiger partial charge in [-0.3, -0.25) is 9.59 Å². The zero-order valence-electron chi connectivity index (χ0n) is 13.4. The molecule has 2 N–H and O–H groups in total. The quantitative estimate of drug-likeness (QED) is 0.719. The Labute approximate surface area is 139 Å². The minimum Gasteiger partial charge on any atom is -0.505 e. The first-order valence-electron chi connectivity index (χ1n) is 7.70. The lowest BCUT2D eigenvalue weighted by molar-refractivity contribution is -0.136. The monoisotopic (exact) mass is 329 g/mol. The molecule has 6 nitrogen and oxygen atoms in total. The predicted octanol–water partition coefficient (Wildman–Crippen LogP) is 3.58. The van der Waals surface area contributed by atoms with Crippen LogP contribution >= 0.6 is 0 Å². The molecule has 0 aliphatic heterocycles. The van der Waals surface area contributed by atoms with Crippen LogP contribution in [0.2, 0.25) is 0 Å². The Bertz CT molecular complexity index is 725. The molecule has 0 atom stereocenters. The summed E-state index contributed by atoms with van der Waals surface area (Å²) in [7, 11) is 0. The molecule has 0 saturated carbocycles. The van der Waals surface area contributed by atoms with Crippen molar-refractivity contribution in [3.63, 3.8) is 0 Å². The molecule has 2 rings (SSSR count). The third-order valence-corrected chi connectivity index (χ3v) is 3.37. The van der Waals surface area contributed by atoms with Crippen molar-refractivity contribution >= 4 is 11.8 Å². The van der Waals surface area contributed by atoms with Gasteiger partial charge in [0.1, 0.15) is 22.9 Å². The number of carboxylic acids is 1. The number of nitrogens with zero attached hydrogens (tertiary/aromatic N) is 1. The number of aromatic nitrogens is 1. The molecule has 0 saturated heterocycles. The standard InChI is InChI=1S/C18H19NO5/c1-2-3-12-4-6-13(7-5-12)24-14-10-16(21)18(19-11-14)15(20)8-9-17(22)23/h4-7,10-11,21H,2-3,8-9H2,1H3,(H,22,23). The number of ether oxygens (including phenoxy) is 1. The Balaban J connectivity index is 2.06. The number of hydrogen-bond donors (Lipinski definition) is 2. The topological polar surface area (TPSA) is 96.7 Å². The van der Waals surface area contributed by atoms with Crippen molar-refractivity contribution in [1.29, 1.82) is 0 Å². The van der Waals surface area contributed by atoms with Crippen LogP contribution in [0.4, 0.5) is 0 Å². The van der Waals surface area contributed by atoms with Crippen molar-refractivity contribution < 1.29 is 24.5 Å². The van der Waals surface area contributed by atoms with Gasteiger partial charge in [0.2, 0.25) is 0 Å². The van der Waals surface area contributed by atoms with Gasteiger partial charge in [0.05, 0.1) is 12.6 Å². The Morgan fingerprint density at radius 2 is 1.83 bits per heavy atom. The fraction of sp³-hybridized carbons (Fsp3) is 0.278. The van der Waals surface area contributed by atoms with Gasteiger partial charge in [-0.2, -0.15) is 0 Å². The number of aryl methyl sites for hydroxylation is 1. The van der Waals surface area contributed by atoms with Crippen LogP contribution in [0.1, 0.15) is 42.2 Å². The van der Waals surface area contributed by atoms with E-state index in [1.54, 1.807) is 0 Å². The Kier molecular flexibility index (Phi) is 5.89. The van der Waals surface area contributed by atoms with E-state index >= 15 is 0 Å². The smallest absolute Gasteiger partial charge is 0.303 e. The van der Waals surface area contributed by atoms with Gasteiger partial charge in [0.15, 0.2) is 5.78 Å². The van der Waals surface area contributed by atoms with Gasteiger partial charge in [0, 0.05) is 12.5 Å². The minimum atomic E-state index is -1.07. The van der Waals surface area contributed by atoms with Crippen molar-refractivity contribution in [2.75, 3.05) is 0 Å². The lowest BCUT2D eigenvalue weighted by Gasteiger charge is -2.08. The number of carboxylic acid groups (broad SMARTS) is 1. The minimum absolute atomic E-state index is 0.151. The summed E-state index contributed by atoms with van der Waals surface area (Å²) < 4.78 is 5.60.